The van der Waals surface area contributed by atoms with Crippen LogP contribution >= 0.6 is 11.3 Å². The summed E-state index contributed by atoms with van der Waals surface area (Å²) in [5, 5.41) is 7.86. The van der Waals surface area contributed by atoms with Gasteiger partial charge in [0.25, 0.3) is 0 Å². The maximum Gasteiger partial charge on any atom is 0.0964 e. The molecule has 106 valence electrons. The van der Waals surface area contributed by atoms with E-state index in [-0.39, 0.29) is 6.10 Å². The van der Waals surface area contributed by atoms with E-state index in [1.807, 2.05) is 0 Å². The first-order valence-electron chi connectivity index (χ1n) is 7.25. The Morgan fingerprint density at radius 2 is 2.42 bits per heavy atom. The summed E-state index contributed by atoms with van der Waals surface area (Å²) in [6, 6.07) is 2.20. The molecule has 3 unspecified atom stereocenters. The Morgan fingerprint density at radius 1 is 1.53 bits per heavy atom. The molecule has 0 aliphatic carbocycles. The third-order valence-electron chi connectivity index (χ3n) is 4.31. The van der Waals surface area contributed by atoms with Gasteiger partial charge in [-0.3, -0.25) is 4.90 Å². The van der Waals surface area contributed by atoms with Crippen molar-refractivity contribution in [3.05, 3.63) is 22.4 Å². The fourth-order valence-electron chi connectivity index (χ4n) is 3.35. The Balaban J connectivity index is 1.65. The molecule has 0 spiro atoms. The number of hydrogen-bond donors (Lipinski definition) is 1. The zero-order valence-electron chi connectivity index (χ0n) is 11.9. The lowest BCUT2D eigenvalue weighted by atomic mass is 9.88. The topological polar surface area (TPSA) is 24.5 Å². The number of hydrogen-bond acceptors (Lipinski definition) is 4. The SMILES string of the molecule is CC1CN(CC2(C)CCNC2)CC(c2ccsc2)O1. The van der Waals surface area contributed by atoms with Gasteiger partial charge >= 0.3 is 0 Å². The Labute approximate surface area is 119 Å². The minimum Gasteiger partial charge on any atom is -0.368 e. The fourth-order valence-corrected chi connectivity index (χ4v) is 4.06. The zero-order valence-corrected chi connectivity index (χ0v) is 12.7. The second-order valence-corrected chi connectivity index (χ2v) is 7.20. The standard InChI is InChI=1S/C15H24N2OS/c1-12-7-17(11-15(2)4-5-16-10-15)8-14(18-12)13-3-6-19-9-13/h3,6,9,12,14,16H,4-5,7-8,10-11H2,1-2H3. The predicted molar refractivity (Wildman–Crippen MR) is 79.6 cm³/mol. The third-order valence-corrected chi connectivity index (χ3v) is 5.01. The zero-order chi connectivity index (χ0) is 13.3. The summed E-state index contributed by atoms with van der Waals surface area (Å²) >= 11 is 1.76. The van der Waals surface area contributed by atoms with E-state index in [0.29, 0.717) is 11.5 Å². The van der Waals surface area contributed by atoms with Crippen molar-refractivity contribution >= 4 is 11.3 Å². The van der Waals surface area contributed by atoms with E-state index in [1.54, 1.807) is 11.3 Å². The van der Waals surface area contributed by atoms with E-state index in [4.69, 9.17) is 4.74 Å². The molecule has 0 bridgehead atoms. The van der Waals surface area contributed by atoms with Crippen molar-refractivity contribution in [2.24, 2.45) is 5.41 Å². The van der Waals surface area contributed by atoms with Gasteiger partial charge in [0, 0.05) is 26.2 Å². The minimum absolute atomic E-state index is 0.257. The summed E-state index contributed by atoms with van der Waals surface area (Å²) < 4.78 is 6.11. The van der Waals surface area contributed by atoms with Gasteiger partial charge in [-0.05, 0) is 47.7 Å². The molecular weight excluding hydrogens is 256 g/mol. The monoisotopic (exact) mass is 280 g/mol. The van der Waals surface area contributed by atoms with E-state index < -0.39 is 0 Å². The first-order chi connectivity index (χ1) is 9.15. The molecular formula is C15H24N2OS. The molecule has 2 fully saturated rings. The predicted octanol–water partition coefficient (Wildman–Crippen LogP) is 2.51. The van der Waals surface area contributed by atoms with Crippen molar-refractivity contribution in [2.75, 3.05) is 32.7 Å². The summed E-state index contributed by atoms with van der Waals surface area (Å²) in [5.41, 5.74) is 1.78. The number of morpholine rings is 1. The van der Waals surface area contributed by atoms with Crippen LogP contribution in [0.15, 0.2) is 16.8 Å². The second kappa shape index (κ2) is 5.52. The van der Waals surface area contributed by atoms with Gasteiger partial charge in [0.1, 0.15) is 0 Å². The van der Waals surface area contributed by atoms with Crippen molar-refractivity contribution in [2.45, 2.75) is 32.5 Å². The molecule has 2 aliphatic heterocycles. The van der Waals surface area contributed by atoms with Gasteiger partial charge < -0.3 is 10.1 Å². The quantitative estimate of drug-likeness (QED) is 0.921. The largest absolute Gasteiger partial charge is 0.368 e. The molecule has 0 amide bonds. The number of thiophene rings is 1. The van der Waals surface area contributed by atoms with Crippen LogP contribution in [-0.4, -0.2) is 43.7 Å². The van der Waals surface area contributed by atoms with E-state index >= 15 is 0 Å². The summed E-state index contributed by atoms with van der Waals surface area (Å²) in [6.45, 7) is 10.2. The fraction of sp³-hybridized carbons (Fsp3) is 0.733. The first-order valence-corrected chi connectivity index (χ1v) is 8.20. The molecule has 3 heterocycles. The van der Waals surface area contributed by atoms with Crippen LogP contribution in [-0.2, 0) is 4.74 Å². The molecule has 4 heteroatoms. The molecule has 1 aromatic rings. The second-order valence-electron chi connectivity index (χ2n) is 6.42. The van der Waals surface area contributed by atoms with Crippen molar-refractivity contribution in [3.8, 4) is 0 Å². The molecule has 3 nitrogen and oxygen atoms in total. The summed E-state index contributed by atoms with van der Waals surface area (Å²) in [5.74, 6) is 0. The van der Waals surface area contributed by atoms with Gasteiger partial charge in [0.05, 0.1) is 12.2 Å². The van der Waals surface area contributed by atoms with Crippen LogP contribution in [0.5, 0.6) is 0 Å². The lowest BCUT2D eigenvalue weighted by Crippen LogP contribution is -2.47. The molecule has 2 saturated heterocycles. The van der Waals surface area contributed by atoms with E-state index in [2.05, 4.69) is 40.9 Å². The Kier molecular flexibility index (Phi) is 3.94. The van der Waals surface area contributed by atoms with E-state index in [9.17, 15) is 0 Å². The lowest BCUT2D eigenvalue weighted by Gasteiger charge is -2.40. The number of rotatable bonds is 3. The highest BCUT2D eigenvalue weighted by Gasteiger charge is 2.34. The molecule has 3 rings (SSSR count). The maximum absolute atomic E-state index is 6.11. The number of nitrogens with one attached hydrogen (secondary N) is 1. The van der Waals surface area contributed by atoms with Gasteiger partial charge in [-0.1, -0.05) is 6.92 Å². The molecule has 1 aromatic heterocycles. The first kappa shape index (κ1) is 13.6. The summed E-state index contributed by atoms with van der Waals surface area (Å²) in [6.07, 6.45) is 1.88. The average Bonchev–Trinajstić information content (AvgIpc) is 2.99. The van der Waals surface area contributed by atoms with Gasteiger partial charge in [0.15, 0.2) is 0 Å². The van der Waals surface area contributed by atoms with Crippen LogP contribution in [0.25, 0.3) is 0 Å². The van der Waals surface area contributed by atoms with Crippen LogP contribution in [0.4, 0.5) is 0 Å². The Morgan fingerprint density at radius 3 is 3.11 bits per heavy atom. The van der Waals surface area contributed by atoms with Crippen LogP contribution in [0.3, 0.4) is 0 Å². The molecule has 19 heavy (non-hydrogen) atoms. The maximum atomic E-state index is 6.11. The van der Waals surface area contributed by atoms with Gasteiger partial charge in [-0.2, -0.15) is 11.3 Å². The van der Waals surface area contributed by atoms with Crippen molar-refractivity contribution in [1.82, 2.24) is 10.2 Å². The average molecular weight is 280 g/mol. The lowest BCUT2D eigenvalue weighted by molar-refractivity contribution is -0.0859. The highest BCUT2D eigenvalue weighted by molar-refractivity contribution is 7.07. The number of ether oxygens (including phenoxy) is 1. The molecule has 0 radical (unpaired) electrons. The molecule has 0 saturated carbocycles. The van der Waals surface area contributed by atoms with Crippen LogP contribution in [0.2, 0.25) is 0 Å². The third kappa shape index (κ3) is 3.19. The van der Waals surface area contributed by atoms with Crippen molar-refractivity contribution < 1.29 is 4.74 Å². The van der Waals surface area contributed by atoms with Crippen LogP contribution in [0.1, 0.15) is 31.9 Å². The Hall–Kier alpha value is -0.420. The molecule has 1 N–H and O–H groups in total. The van der Waals surface area contributed by atoms with Gasteiger partial charge in [0.2, 0.25) is 0 Å². The van der Waals surface area contributed by atoms with Gasteiger partial charge in [-0.25, -0.2) is 0 Å². The van der Waals surface area contributed by atoms with Crippen LogP contribution < -0.4 is 5.32 Å². The van der Waals surface area contributed by atoms with E-state index in [1.165, 1.54) is 25.1 Å². The smallest absolute Gasteiger partial charge is 0.0964 e. The molecule has 0 aromatic carbocycles. The summed E-state index contributed by atoms with van der Waals surface area (Å²) in [4.78, 5) is 2.60. The van der Waals surface area contributed by atoms with Gasteiger partial charge in [-0.15, -0.1) is 0 Å². The van der Waals surface area contributed by atoms with E-state index in [0.717, 1.165) is 19.6 Å². The highest BCUT2D eigenvalue weighted by Crippen LogP contribution is 2.31. The highest BCUT2D eigenvalue weighted by atomic mass is 32.1. The van der Waals surface area contributed by atoms with Crippen LogP contribution in [0, 0.1) is 5.41 Å². The summed E-state index contributed by atoms with van der Waals surface area (Å²) in [7, 11) is 0. The normalized spacial score (nSPS) is 36.7. The molecule has 3 atom stereocenters. The Bertz CT molecular complexity index is 400. The number of nitrogens with zero attached hydrogens (tertiary/aromatic N) is 1. The van der Waals surface area contributed by atoms with Crippen molar-refractivity contribution in [1.29, 1.82) is 0 Å². The minimum atomic E-state index is 0.257. The van der Waals surface area contributed by atoms with Crippen molar-refractivity contribution in [3.63, 3.8) is 0 Å². The molecule has 2 aliphatic rings.